The molecule has 0 aliphatic carbocycles. The molecule has 0 saturated heterocycles. The molecule has 3 aromatic rings. The summed E-state index contributed by atoms with van der Waals surface area (Å²) in [5, 5.41) is 7.31. The van der Waals surface area contributed by atoms with Gasteiger partial charge in [0, 0.05) is 31.4 Å². The van der Waals surface area contributed by atoms with Crippen LogP contribution in [0.15, 0.2) is 48.5 Å². The second-order valence-electron chi connectivity index (χ2n) is 7.12. The van der Waals surface area contributed by atoms with E-state index in [0.29, 0.717) is 31.1 Å². The molecule has 6 nitrogen and oxygen atoms in total. The topological polar surface area (TPSA) is 67.5 Å². The number of methoxy groups -OCH3 is 1. The lowest BCUT2D eigenvalue weighted by atomic mass is 9.96. The highest BCUT2D eigenvalue weighted by atomic mass is 19.1. The number of hydrogen-bond donors (Lipinski definition) is 1. The van der Waals surface area contributed by atoms with Crippen molar-refractivity contribution < 1.29 is 18.7 Å². The molecular formula is C23H24FN3O3. The molecule has 2 aromatic carbocycles. The average Bonchev–Trinajstić information content (AvgIpc) is 3.29. The minimum atomic E-state index is -0.314. The van der Waals surface area contributed by atoms with Crippen LogP contribution in [0.25, 0.3) is 11.3 Å². The van der Waals surface area contributed by atoms with E-state index in [0.717, 1.165) is 28.9 Å². The summed E-state index contributed by atoms with van der Waals surface area (Å²) in [6.45, 7) is 3.64. The number of halogens is 1. The number of amides is 1. The number of aromatic amines is 1. The van der Waals surface area contributed by atoms with E-state index in [9.17, 15) is 9.18 Å². The summed E-state index contributed by atoms with van der Waals surface area (Å²) in [6, 6.07) is 13.6. The Hall–Kier alpha value is -3.19. The Balaban J connectivity index is 1.77. The Morgan fingerprint density at radius 1 is 1.13 bits per heavy atom. The first kappa shape index (κ1) is 20.1. The van der Waals surface area contributed by atoms with E-state index in [2.05, 4.69) is 10.2 Å². The molecule has 1 atom stereocenters. The third-order valence-corrected chi connectivity index (χ3v) is 5.24. The number of benzene rings is 2. The number of nitrogens with zero attached hydrogens (tertiary/aromatic N) is 2. The maximum absolute atomic E-state index is 13.4. The summed E-state index contributed by atoms with van der Waals surface area (Å²) in [5.41, 5.74) is 3.68. The SMILES string of the molecule is CCOc1ccc(C2c3c(-c4ccc(F)cc4)n[nH]c3C(=O)N2CCCOC)cc1. The summed E-state index contributed by atoms with van der Waals surface area (Å²) in [4.78, 5) is 15.0. The maximum atomic E-state index is 13.4. The molecule has 7 heteroatoms. The van der Waals surface area contributed by atoms with E-state index in [1.165, 1.54) is 12.1 Å². The van der Waals surface area contributed by atoms with Gasteiger partial charge in [0.2, 0.25) is 0 Å². The van der Waals surface area contributed by atoms with E-state index in [-0.39, 0.29) is 17.8 Å². The zero-order valence-corrected chi connectivity index (χ0v) is 17.0. The number of carbonyl (C=O) groups excluding carboxylic acids is 1. The number of carbonyl (C=O) groups is 1. The number of fused-ring (bicyclic) bond motifs is 1. The highest BCUT2D eigenvalue weighted by molar-refractivity contribution is 6.00. The van der Waals surface area contributed by atoms with E-state index < -0.39 is 0 Å². The number of aromatic nitrogens is 2. The molecule has 1 aliphatic heterocycles. The second-order valence-corrected chi connectivity index (χ2v) is 7.12. The lowest BCUT2D eigenvalue weighted by molar-refractivity contribution is 0.0723. The molecule has 2 heterocycles. The smallest absolute Gasteiger partial charge is 0.273 e. The van der Waals surface area contributed by atoms with Crippen molar-refractivity contribution in [1.82, 2.24) is 15.1 Å². The average molecular weight is 409 g/mol. The van der Waals surface area contributed by atoms with Gasteiger partial charge in [-0.2, -0.15) is 5.10 Å². The molecule has 4 rings (SSSR count). The van der Waals surface area contributed by atoms with Gasteiger partial charge in [-0.25, -0.2) is 4.39 Å². The lowest BCUT2D eigenvalue weighted by Crippen LogP contribution is -2.31. The van der Waals surface area contributed by atoms with E-state index in [4.69, 9.17) is 9.47 Å². The van der Waals surface area contributed by atoms with E-state index >= 15 is 0 Å². The van der Waals surface area contributed by atoms with Crippen LogP contribution in [0.5, 0.6) is 5.75 Å². The van der Waals surface area contributed by atoms with Gasteiger partial charge in [0.05, 0.1) is 18.3 Å². The first-order valence-corrected chi connectivity index (χ1v) is 10.0. The summed E-state index contributed by atoms with van der Waals surface area (Å²) < 4.78 is 24.2. The molecule has 1 unspecified atom stereocenters. The molecular weight excluding hydrogens is 385 g/mol. The van der Waals surface area contributed by atoms with Gasteiger partial charge < -0.3 is 14.4 Å². The van der Waals surface area contributed by atoms with Gasteiger partial charge in [0.25, 0.3) is 5.91 Å². The minimum absolute atomic E-state index is 0.0964. The number of hydrogen-bond acceptors (Lipinski definition) is 4. The number of nitrogens with one attached hydrogen (secondary N) is 1. The van der Waals surface area contributed by atoms with Gasteiger partial charge in [-0.15, -0.1) is 0 Å². The second kappa shape index (κ2) is 8.67. The first-order chi connectivity index (χ1) is 14.6. The molecule has 156 valence electrons. The Labute approximate surface area is 174 Å². The van der Waals surface area contributed by atoms with Gasteiger partial charge in [-0.3, -0.25) is 9.89 Å². The van der Waals surface area contributed by atoms with Crippen molar-refractivity contribution in [2.24, 2.45) is 0 Å². The summed E-state index contributed by atoms with van der Waals surface area (Å²) in [5.74, 6) is 0.370. The number of H-pyrrole nitrogens is 1. The third kappa shape index (κ3) is 3.68. The quantitative estimate of drug-likeness (QED) is 0.567. The molecule has 1 aliphatic rings. The fourth-order valence-electron chi connectivity index (χ4n) is 3.89. The van der Waals surface area contributed by atoms with Gasteiger partial charge in [-0.1, -0.05) is 12.1 Å². The third-order valence-electron chi connectivity index (χ3n) is 5.24. The van der Waals surface area contributed by atoms with Crippen LogP contribution >= 0.6 is 0 Å². The highest BCUT2D eigenvalue weighted by Crippen LogP contribution is 2.43. The van der Waals surface area contributed by atoms with Gasteiger partial charge in [-0.05, 0) is 55.3 Å². The zero-order valence-electron chi connectivity index (χ0n) is 17.0. The lowest BCUT2D eigenvalue weighted by Gasteiger charge is -2.26. The van der Waals surface area contributed by atoms with Gasteiger partial charge >= 0.3 is 0 Å². The van der Waals surface area contributed by atoms with Crippen molar-refractivity contribution in [1.29, 1.82) is 0 Å². The van der Waals surface area contributed by atoms with Crippen LogP contribution in [0.2, 0.25) is 0 Å². The van der Waals surface area contributed by atoms with Crippen LogP contribution in [0.1, 0.15) is 41.0 Å². The molecule has 0 radical (unpaired) electrons. The first-order valence-electron chi connectivity index (χ1n) is 10.0. The monoisotopic (exact) mass is 409 g/mol. The van der Waals surface area contributed by atoms with Crippen molar-refractivity contribution in [2.75, 3.05) is 26.9 Å². The molecule has 0 bridgehead atoms. The molecule has 1 N–H and O–H groups in total. The van der Waals surface area contributed by atoms with Crippen molar-refractivity contribution in [3.8, 4) is 17.0 Å². The Kier molecular flexibility index (Phi) is 5.81. The van der Waals surface area contributed by atoms with Crippen LogP contribution in [0, 0.1) is 5.82 Å². The van der Waals surface area contributed by atoms with Crippen LogP contribution in [0.4, 0.5) is 4.39 Å². The Morgan fingerprint density at radius 3 is 2.53 bits per heavy atom. The van der Waals surface area contributed by atoms with Crippen LogP contribution in [-0.2, 0) is 4.74 Å². The normalized spacial score (nSPS) is 15.5. The van der Waals surface area contributed by atoms with Crippen LogP contribution in [-0.4, -0.2) is 47.9 Å². The summed E-state index contributed by atoms with van der Waals surface area (Å²) >= 11 is 0. The van der Waals surface area contributed by atoms with Crippen LogP contribution in [0.3, 0.4) is 0 Å². The molecule has 0 fully saturated rings. The number of rotatable bonds is 8. The predicted octanol–water partition coefficient (Wildman–Crippen LogP) is 4.20. The van der Waals surface area contributed by atoms with Gasteiger partial charge in [0.1, 0.15) is 17.3 Å². The summed E-state index contributed by atoms with van der Waals surface area (Å²) in [6.07, 6.45) is 0.722. The molecule has 1 amide bonds. The zero-order chi connectivity index (χ0) is 21.1. The van der Waals surface area contributed by atoms with E-state index in [1.807, 2.05) is 36.1 Å². The standard InChI is InChI=1S/C23H24FN3O3/c1-3-30-18-11-7-16(8-12-18)22-19-20(15-5-9-17(24)10-6-15)25-26-21(19)23(28)27(22)13-4-14-29-2/h5-12,22H,3-4,13-14H2,1-2H3,(H,25,26). The Morgan fingerprint density at radius 2 is 1.87 bits per heavy atom. The molecule has 0 spiro atoms. The van der Waals surface area contributed by atoms with Crippen LogP contribution < -0.4 is 4.74 Å². The summed E-state index contributed by atoms with van der Waals surface area (Å²) in [7, 11) is 1.65. The fraction of sp³-hybridized carbons (Fsp3) is 0.304. The molecule has 30 heavy (non-hydrogen) atoms. The Bertz CT molecular complexity index is 1020. The minimum Gasteiger partial charge on any atom is -0.494 e. The van der Waals surface area contributed by atoms with E-state index in [1.54, 1.807) is 19.2 Å². The largest absolute Gasteiger partial charge is 0.494 e. The molecule has 1 aromatic heterocycles. The van der Waals surface area contributed by atoms with Crippen molar-refractivity contribution >= 4 is 5.91 Å². The van der Waals surface area contributed by atoms with Crippen molar-refractivity contribution in [2.45, 2.75) is 19.4 Å². The number of ether oxygens (including phenoxy) is 2. The highest BCUT2D eigenvalue weighted by Gasteiger charge is 2.41. The van der Waals surface area contributed by atoms with Crippen molar-refractivity contribution in [3.05, 3.63) is 71.2 Å². The maximum Gasteiger partial charge on any atom is 0.273 e. The van der Waals surface area contributed by atoms with Crippen molar-refractivity contribution in [3.63, 3.8) is 0 Å². The van der Waals surface area contributed by atoms with Gasteiger partial charge in [0.15, 0.2) is 0 Å². The fourth-order valence-corrected chi connectivity index (χ4v) is 3.89. The molecule has 0 saturated carbocycles. The predicted molar refractivity (Wildman–Crippen MR) is 111 cm³/mol.